The maximum absolute atomic E-state index is 3.55. The van der Waals surface area contributed by atoms with Crippen molar-refractivity contribution in [1.29, 1.82) is 0 Å². The number of piperidine rings is 1. The van der Waals surface area contributed by atoms with E-state index in [9.17, 15) is 0 Å². The van der Waals surface area contributed by atoms with Gasteiger partial charge in [-0.1, -0.05) is 31.2 Å². The van der Waals surface area contributed by atoms with Crippen molar-refractivity contribution in [3.63, 3.8) is 0 Å². The fourth-order valence-electron chi connectivity index (χ4n) is 3.67. The van der Waals surface area contributed by atoms with Crippen molar-refractivity contribution in [3.8, 4) is 0 Å². The van der Waals surface area contributed by atoms with Gasteiger partial charge >= 0.3 is 0 Å². The van der Waals surface area contributed by atoms with Crippen LogP contribution in [0.15, 0.2) is 24.3 Å². The Kier molecular flexibility index (Phi) is 5.88. The molecule has 2 unspecified atom stereocenters. The lowest BCUT2D eigenvalue weighted by Gasteiger charge is -2.39. The predicted molar refractivity (Wildman–Crippen MR) is 87.5 cm³/mol. The van der Waals surface area contributed by atoms with Gasteiger partial charge in [-0.3, -0.25) is 4.90 Å². The molecule has 0 amide bonds. The van der Waals surface area contributed by atoms with Crippen LogP contribution < -0.4 is 5.32 Å². The third kappa shape index (κ3) is 3.55. The van der Waals surface area contributed by atoms with Crippen LogP contribution in [0.2, 0.25) is 0 Å². The van der Waals surface area contributed by atoms with Gasteiger partial charge in [-0.05, 0) is 55.8 Å². The summed E-state index contributed by atoms with van der Waals surface area (Å²) in [7, 11) is 0. The maximum Gasteiger partial charge on any atom is 0.0239 e. The molecule has 3 rings (SSSR count). The van der Waals surface area contributed by atoms with Gasteiger partial charge in [0, 0.05) is 19.1 Å². The van der Waals surface area contributed by atoms with Crippen LogP contribution in [-0.2, 0) is 13.0 Å². The molecule has 0 aromatic heterocycles. The number of nitrogens with one attached hydrogen (secondary N) is 1. The largest absolute Gasteiger partial charge is 0.316 e. The van der Waals surface area contributed by atoms with Gasteiger partial charge in [0.05, 0.1) is 0 Å². The molecule has 2 aliphatic rings. The summed E-state index contributed by atoms with van der Waals surface area (Å²) in [4.78, 5) is 2.74. The second kappa shape index (κ2) is 7.44. The maximum atomic E-state index is 3.55. The first-order chi connectivity index (χ1) is 9.36. The highest BCUT2D eigenvalue weighted by atomic mass is 35.5. The van der Waals surface area contributed by atoms with Crippen LogP contribution in [0.4, 0.5) is 0 Å². The summed E-state index contributed by atoms with van der Waals surface area (Å²) in [6.45, 7) is 7.21. The molecular formula is C17H27ClN2. The molecule has 1 saturated heterocycles. The van der Waals surface area contributed by atoms with Gasteiger partial charge in [0.15, 0.2) is 0 Å². The minimum Gasteiger partial charge on any atom is -0.316 e. The summed E-state index contributed by atoms with van der Waals surface area (Å²) in [5.74, 6) is 0.855. The first-order valence-electron chi connectivity index (χ1n) is 7.88. The normalized spacial score (nSPS) is 26.6. The molecule has 2 nitrogen and oxygen atoms in total. The first kappa shape index (κ1) is 15.8. The van der Waals surface area contributed by atoms with Crippen LogP contribution in [0.3, 0.4) is 0 Å². The number of rotatable bonds is 3. The molecule has 1 aromatic rings. The van der Waals surface area contributed by atoms with E-state index in [1.165, 1.54) is 45.3 Å². The second-order valence-corrected chi connectivity index (χ2v) is 6.18. The van der Waals surface area contributed by atoms with Crippen molar-refractivity contribution < 1.29 is 0 Å². The quantitative estimate of drug-likeness (QED) is 0.921. The molecule has 0 bridgehead atoms. The zero-order chi connectivity index (χ0) is 13.1. The Morgan fingerprint density at radius 2 is 2.05 bits per heavy atom. The van der Waals surface area contributed by atoms with Crippen LogP contribution in [0.5, 0.6) is 0 Å². The summed E-state index contributed by atoms with van der Waals surface area (Å²) in [5, 5.41) is 3.55. The molecule has 0 aliphatic carbocycles. The van der Waals surface area contributed by atoms with Crippen molar-refractivity contribution >= 4 is 12.4 Å². The van der Waals surface area contributed by atoms with Crippen molar-refractivity contribution in [2.45, 2.75) is 45.2 Å². The van der Waals surface area contributed by atoms with Crippen LogP contribution in [0, 0.1) is 5.92 Å². The fraction of sp³-hybridized carbons (Fsp3) is 0.647. The number of hydrogen-bond donors (Lipinski definition) is 1. The minimum absolute atomic E-state index is 0. The van der Waals surface area contributed by atoms with Crippen LogP contribution in [0.25, 0.3) is 0 Å². The van der Waals surface area contributed by atoms with Gasteiger partial charge in [0.25, 0.3) is 0 Å². The Hall–Kier alpha value is -0.570. The number of hydrogen-bond acceptors (Lipinski definition) is 2. The van der Waals surface area contributed by atoms with Crippen molar-refractivity contribution in [2.75, 3.05) is 19.6 Å². The summed E-state index contributed by atoms with van der Waals surface area (Å²) in [5.41, 5.74) is 3.13. The van der Waals surface area contributed by atoms with Crippen molar-refractivity contribution in [1.82, 2.24) is 10.2 Å². The van der Waals surface area contributed by atoms with Crippen molar-refractivity contribution in [3.05, 3.63) is 35.4 Å². The monoisotopic (exact) mass is 294 g/mol. The molecule has 2 aliphatic heterocycles. The zero-order valence-electron chi connectivity index (χ0n) is 12.5. The summed E-state index contributed by atoms with van der Waals surface area (Å²) >= 11 is 0. The topological polar surface area (TPSA) is 15.3 Å². The molecule has 112 valence electrons. The number of halogens is 1. The standard InChI is InChI=1S/C17H26N2.ClH/c1-2-17-10-15-7-3-4-8-16(15)13-19(17)12-14-6-5-9-18-11-14;/h3-4,7-8,14,17-18H,2,5-6,9-13H2,1H3;1H. The molecule has 1 fully saturated rings. The lowest BCUT2D eigenvalue weighted by molar-refractivity contribution is 0.130. The highest BCUT2D eigenvalue weighted by molar-refractivity contribution is 5.85. The predicted octanol–water partition coefficient (Wildman–Crippen LogP) is 3.24. The van der Waals surface area contributed by atoms with Gasteiger partial charge < -0.3 is 5.32 Å². The second-order valence-electron chi connectivity index (χ2n) is 6.18. The Bertz CT molecular complexity index is 415. The summed E-state index contributed by atoms with van der Waals surface area (Å²) in [6.07, 6.45) is 5.27. The van der Waals surface area contributed by atoms with Crippen LogP contribution in [0.1, 0.15) is 37.3 Å². The third-order valence-corrected chi connectivity index (χ3v) is 4.83. The molecule has 1 aromatic carbocycles. The first-order valence-corrected chi connectivity index (χ1v) is 7.88. The van der Waals surface area contributed by atoms with E-state index in [4.69, 9.17) is 0 Å². The molecule has 2 atom stereocenters. The molecule has 2 heterocycles. The number of nitrogens with zero attached hydrogens (tertiary/aromatic N) is 1. The number of fused-ring (bicyclic) bond motifs is 1. The zero-order valence-corrected chi connectivity index (χ0v) is 13.3. The molecule has 3 heteroatoms. The SMILES string of the molecule is CCC1Cc2ccccc2CN1CC1CCCNC1.Cl. The average molecular weight is 295 g/mol. The van der Waals surface area contributed by atoms with Crippen LogP contribution >= 0.6 is 12.4 Å². The average Bonchev–Trinajstić information content (AvgIpc) is 2.47. The van der Waals surface area contributed by atoms with E-state index < -0.39 is 0 Å². The van der Waals surface area contributed by atoms with Crippen molar-refractivity contribution in [2.24, 2.45) is 5.92 Å². The highest BCUT2D eigenvalue weighted by Crippen LogP contribution is 2.26. The van der Waals surface area contributed by atoms with Gasteiger partial charge in [0.1, 0.15) is 0 Å². The van der Waals surface area contributed by atoms with E-state index in [-0.39, 0.29) is 12.4 Å². The highest BCUT2D eigenvalue weighted by Gasteiger charge is 2.27. The van der Waals surface area contributed by atoms with E-state index in [0.717, 1.165) is 18.5 Å². The fourth-order valence-corrected chi connectivity index (χ4v) is 3.67. The van der Waals surface area contributed by atoms with E-state index in [1.54, 1.807) is 11.1 Å². The lowest BCUT2D eigenvalue weighted by atomic mass is 9.90. The van der Waals surface area contributed by atoms with Gasteiger partial charge in [-0.25, -0.2) is 0 Å². The van der Waals surface area contributed by atoms with E-state index >= 15 is 0 Å². The van der Waals surface area contributed by atoms with E-state index in [2.05, 4.69) is 41.4 Å². The Balaban J connectivity index is 0.00000147. The summed E-state index contributed by atoms with van der Waals surface area (Å²) in [6, 6.07) is 9.75. The molecule has 0 saturated carbocycles. The smallest absolute Gasteiger partial charge is 0.0239 e. The minimum atomic E-state index is 0. The van der Waals surface area contributed by atoms with Gasteiger partial charge in [-0.15, -0.1) is 12.4 Å². The molecule has 1 N–H and O–H groups in total. The van der Waals surface area contributed by atoms with Gasteiger partial charge in [0.2, 0.25) is 0 Å². The molecular weight excluding hydrogens is 268 g/mol. The van der Waals surface area contributed by atoms with E-state index in [1.807, 2.05) is 0 Å². The van der Waals surface area contributed by atoms with Crippen LogP contribution in [-0.4, -0.2) is 30.6 Å². The molecule has 0 spiro atoms. The molecule has 20 heavy (non-hydrogen) atoms. The Morgan fingerprint density at radius 3 is 2.75 bits per heavy atom. The molecule has 0 radical (unpaired) electrons. The lowest BCUT2D eigenvalue weighted by Crippen LogP contribution is -2.45. The third-order valence-electron chi connectivity index (χ3n) is 4.83. The Labute approximate surface area is 129 Å². The van der Waals surface area contributed by atoms with Gasteiger partial charge in [-0.2, -0.15) is 0 Å². The van der Waals surface area contributed by atoms with E-state index in [0.29, 0.717) is 0 Å². The Morgan fingerprint density at radius 1 is 1.25 bits per heavy atom. The number of benzene rings is 1. The summed E-state index contributed by atoms with van der Waals surface area (Å²) < 4.78 is 0.